The third-order valence-corrected chi connectivity index (χ3v) is 4.38. The summed E-state index contributed by atoms with van der Waals surface area (Å²) in [6.45, 7) is 0.863. The van der Waals surface area contributed by atoms with Gasteiger partial charge in [-0.25, -0.2) is 0 Å². The van der Waals surface area contributed by atoms with Crippen LogP contribution in [0.3, 0.4) is 0 Å². The van der Waals surface area contributed by atoms with Crippen LogP contribution in [-0.4, -0.2) is 31.4 Å². The highest BCUT2D eigenvalue weighted by atomic mass is 16.3. The number of anilines is 1. The first-order valence-corrected chi connectivity index (χ1v) is 7.61. The Bertz CT molecular complexity index is 491. The highest BCUT2D eigenvalue weighted by Gasteiger charge is 2.32. The molecule has 2 N–H and O–H groups in total. The number of aromatic nitrogens is 3. The monoisotopic (exact) mass is 278 g/mol. The van der Waals surface area contributed by atoms with Crippen molar-refractivity contribution in [2.75, 3.05) is 5.32 Å². The third kappa shape index (κ3) is 2.85. The highest BCUT2D eigenvalue weighted by Crippen LogP contribution is 2.31. The van der Waals surface area contributed by atoms with Crippen LogP contribution >= 0.6 is 0 Å². The van der Waals surface area contributed by atoms with Gasteiger partial charge in [0.15, 0.2) is 0 Å². The minimum absolute atomic E-state index is 0.157. The number of hydrogen-bond acceptors (Lipinski definition) is 4. The Morgan fingerprint density at radius 2 is 2.00 bits per heavy atom. The summed E-state index contributed by atoms with van der Waals surface area (Å²) in [6, 6.07) is 0. The minimum atomic E-state index is -0.826. The standard InChI is InChI=1S/C14H22N4O2/c19-12(10-14(20)7-3-1-4-8-14)15-13-17-16-11-6-2-5-9-18(11)13/h20H,1-10H2,(H,15,17,19). The normalized spacial score (nSPS) is 21.2. The first-order chi connectivity index (χ1) is 9.66. The number of aliphatic hydroxyl groups is 1. The van der Waals surface area contributed by atoms with Crippen LogP contribution in [0.1, 0.15) is 57.2 Å². The van der Waals surface area contributed by atoms with E-state index in [1.807, 2.05) is 4.57 Å². The van der Waals surface area contributed by atoms with E-state index in [4.69, 9.17) is 0 Å². The third-order valence-electron chi connectivity index (χ3n) is 4.38. The molecule has 110 valence electrons. The van der Waals surface area contributed by atoms with Crippen molar-refractivity contribution in [3.63, 3.8) is 0 Å². The Labute approximate surface area is 118 Å². The number of nitrogens with zero attached hydrogens (tertiary/aromatic N) is 3. The molecule has 1 fully saturated rings. The van der Waals surface area contributed by atoms with Crippen molar-refractivity contribution in [2.45, 2.75) is 69.9 Å². The minimum Gasteiger partial charge on any atom is -0.389 e. The summed E-state index contributed by atoms with van der Waals surface area (Å²) >= 11 is 0. The molecule has 1 aromatic rings. The first kappa shape index (κ1) is 13.5. The molecule has 1 aliphatic heterocycles. The van der Waals surface area contributed by atoms with Crippen molar-refractivity contribution < 1.29 is 9.90 Å². The van der Waals surface area contributed by atoms with Gasteiger partial charge in [0, 0.05) is 13.0 Å². The topological polar surface area (TPSA) is 80.0 Å². The van der Waals surface area contributed by atoms with E-state index in [1.54, 1.807) is 0 Å². The lowest BCUT2D eigenvalue weighted by Crippen LogP contribution is -2.36. The van der Waals surface area contributed by atoms with E-state index < -0.39 is 5.60 Å². The van der Waals surface area contributed by atoms with Crippen LogP contribution in [0.4, 0.5) is 5.95 Å². The maximum atomic E-state index is 12.1. The maximum absolute atomic E-state index is 12.1. The molecule has 0 atom stereocenters. The van der Waals surface area contributed by atoms with Crippen molar-refractivity contribution in [3.8, 4) is 0 Å². The molecule has 1 saturated carbocycles. The fraction of sp³-hybridized carbons (Fsp3) is 0.786. The number of hydrogen-bond donors (Lipinski definition) is 2. The summed E-state index contributed by atoms with van der Waals surface area (Å²) < 4.78 is 1.98. The highest BCUT2D eigenvalue weighted by molar-refractivity contribution is 5.89. The van der Waals surface area contributed by atoms with Crippen LogP contribution in [0.5, 0.6) is 0 Å². The summed E-state index contributed by atoms with van der Waals surface area (Å²) in [5, 5.41) is 21.4. The van der Waals surface area contributed by atoms with E-state index in [1.165, 1.54) is 0 Å². The zero-order valence-corrected chi connectivity index (χ0v) is 11.8. The molecule has 6 nitrogen and oxygen atoms in total. The fourth-order valence-electron chi connectivity index (χ4n) is 3.26. The second-order valence-electron chi connectivity index (χ2n) is 6.06. The van der Waals surface area contributed by atoms with Crippen molar-refractivity contribution in [1.29, 1.82) is 0 Å². The lowest BCUT2D eigenvalue weighted by molar-refractivity contribution is -0.122. The van der Waals surface area contributed by atoms with Crippen LogP contribution in [0.2, 0.25) is 0 Å². The zero-order valence-electron chi connectivity index (χ0n) is 11.8. The van der Waals surface area contributed by atoms with Gasteiger partial charge in [0.05, 0.1) is 12.0 Å². The molecule has 1 aromatic heterocycles. The predicted molar refractivity (Wildman–Crippen MR) is 74.2 cm³/mol. The van der Waals surface area contributed by atoms with Crippen LogP contribution in [0, 0.1) is 0 Å². The molecular formula is C14H22N4O2. The average molecular weight is 278 g/mol. The molecule has 0 bridgehead atoms. The number of nitrogens with one attached hydrogen (secondary N) is 1. The van der Waals surface area contributed by atoms with Gasteiger partial charge in [-0.3, -0.25) is 14.7 Å². The van der Waals surface area contributed by atoms with Crippen LogP contribution < -0.4 is 5.32 Å². The molecule has 0 spiro atoms. The van der Waals surface area contributed by atoms with Gasteiger partial charge in [-0.1, -0.05) is 19.3 Å². The summed E-state index contributed by atoms with van der Waals surface area (Å²) in [6.07, 6.45) is 7.91. The van der Waals surface area contributed by atoms with Gasteiger partial charge in [-0.2, -0.15) is 0 Å². The summed E-state index contributed by atoms with van der Waals surface area (Å²) in [5.41, 5.74) is -0.826. The second kappa shape index (κ2) is 5.52. The van der Waals surface area contributed by atoms with Gasteiger partial charge < -0.3 is 5.11 Å². The Morgan fingerprint density at radius 1 is 1.20 bits per heavy atom. The Kier molecular flexibility index (Phi) is 3.74. The number of carbonyl (C=O) groups excluding carboxylic acids is 1. The lowest BCUT2D eigenvalue weighted by atomic mass is 9.82. The molecule has 0 radical (unpaired) electrons. The Balaban J connectivity index is 1.62. The average Bonchev–Trinajstić information content (AvgIpc) is 2.82. The van der Waals surface area contributed by atoms with Gasteiger partial charge in [-0.15, -0.1) is 10.2 Å². The SMILES string of the molecule is O=C(CC1(O)CCCCC1)Nc1nnc2n1CCCC2. The molecule has 0 saturated heterocycles. The Morgan fingerprint density at radius 3 is 2.80 bits per heavy atom. The molecule has 1 aliphatic carbocycles. The zero-order chi connectivity index (χ0) is 14.0. The first-order valence-electron chi connectivity index (χ1n) is 7.61. The summed E-state index contributed by atoms with van der Waals surface area (Å²) in [4.78, 5) is 12.1. The van der Waals surface area contributed by atoms with Crippen LogP contribution in [0.25, 0.3) is 0 Å². The van der Waals surface area contributed by atoms with E-state index >= 15 is 0 Å². The van der Waals surface area contributed by atoms with Crippen LogP contribution in [0.15, 0.2) is 0 Å². The second-order valence-corrected chi connectivity index (χ2v) is 6.06. The Hall–Kier alpha value is -1.43. The quantitative estimate of drug-likeness (QED) is 0.880. The van der Waals surface area contributed by atoms with Gasteiger partial charge in [-0.05, 0) is 25.7 Å². The molecule has 6 heteroatoms. The number of amides is 1. The number of rotatable bonds is 3. The van der Waals surface area contributed by atoms with E-state index in [9.17, 15) is 9.90 Å². The molecule has 3 rings (SSSR count). The van der Waals surface area contributed by atoms with Crippen molar-refractivity contribution in [1.82, 2.24) is 14.8 Å². The van der Waals surface area contributed by atoms with Gasteiger partial charge in [0.1, 0.15) is 5.82 Å². The van der Waals surface area contributed by atoms with Crippen molar-refractivity contribution >= 4 is 11.9 Å². The van der Waals surface area contributed by atoms with E-state index in [0.29, 0.717) is 5.95 Å². The van der Waals surface area contributed by atoms with Gasteiger partial charge >= 0.3 is 0 Å². The van der Waals surface area contributed by atoms with E-state index in [2.05, 4.69) is 15.5 Å². The molecule has 20 heavy (non-hydrogen) atoms. The molecule has 0 aromatic carbocycles. The van der Waals surface area contributed by atoms with Crippen molar-refractivity contribution in [3.05, 3.63) is 5.82 Å². The molecule has 1 amide bonds. The molecule has 2 aliphatic rings. The summed E-state index contributed by atoms with van der Waals surface area (Å²) in [5.74, 6) is 1.32. The van der Waals surface area contributed by atoms with Crippen molar-refractivity contribution in [2.24, 2.45) is 0 Å². The predicted octanol–water partition coefficient (Wildman–Crippen LogP) is 1.64. The number of aryl methyl sites for hydroxylation is 1. The molecule has 0 unspecified atom stereocenters. The largest absolute Gasteiger partial charge is 0.389 e. The number of fused-ring (bicyclic) bond motifs is 1. The maximum Gasteiger partial charge on any atom is 0.231 e. The fourth-order valence-corrected chi connectivity index (χ4v) is 3.26. The van der Waals surface area contributed by atoms with Gasteiger partial charge in [0.25, 0.3) is 0 Å². The van der Waals surface area contributed by atoms with E-state index in [-0.39, 0.29) is 12.3 Å². The van der Waals surface area contributed by atoms with Crippen LogP contribution in [-0.2, 0) is 17.8 Å². The lowest BCUT2D eigenvalue weighted by Gasteiger charge is -2.31. The molecular weight excluding hydrogens is 256 g/mol. The smallest absolute Gasteiger partial charge is 0.231 e. The van der Waals surface area contributed by atoms with Gasteiger partial charge in [0.2, 0.25) is 11.9 Å². The van der Waals surface area contributed by atoms with E-state index in [0.717, 1.165) is 63.7 Å². The molecule has 2 heterocycles. The summed E-state index contributed by atoms with van der Waals surface area (Å²) in [7, 11) is 0. The number of carbonyl (C=O) groups is 1.